The van der Waals surface area contributed by atoms with Crippen LogP contribution in [0.1, 0.15) is 26.7 Å². The smallest absolute Gasteiger partial charge is 0.163 e. The number of hydrogen-bond acceptors (Lipinski definition) is 4. The van der Waals surface area contributed by atoms with Crippen molar-refractivity contribution in [2.45, 2.75) is 26.7 Å². The van der Waals surface area contributed by atoms with E-state index in [-0.39, 0.29) is 0 Å². The second kappa shape index (κ2) is 5.09. The summed E-state index contributed by atoms with van der Waals surface area (Å²) in [6.07, 6.45) is 2.46. The van der Waals surface area contributed by atoms with Gasteiger partial charge >= 0.3 is 0 Å². The third-order valence-electron chi connectivity index (χ3n) is 1.84. The molecule has 68 valence electrons. The van der Waals surface area contributed by atoms with E-state index in [1.54, 1.807) is 0 Å². The summed E-state index contributed by atoms with van der Waals surface area (Å²) in [7, 11) is 0. The lowest BCUT2D eigenvalue weighted by molar-refractivity contribution is 0.722. The van der Waals surface area contributed by atoms with Crippen LogP contribution in [0.25, 0.3) is 0 Å². The minimum atomic E-state index is 1.02. The summed E-state index contributed by atoms with van der Waals surface area (Å²) in [6.45, 7) is 6.46. The summed E-state index contributed by atoms with van der Waals surface area (Å²) in [5.41, 5.74) is 0. The molecule has 0 unspecified atom stereocenters. The standard InChI is InChI=1S/C8H15N3S/c1-3-5-6-11(4-2)8-7-12-10-9-8/h7H,3-6H2,1-2H3. The van der Waals surface area contributed by atoms with Crippen LogP contribution in [0.2, 0.25) is 0 Å². The van der Waals surface area contributed by atoms with E-state index in [1.807, 2.05) is 5.38 Å². The van der Waals surface area contributed by atoms with Gasteiger partial charge in [-0.1, -0.05) is 17.8 Å². The lowest BCUT2D eigenvalue weighted by atomic mass is 10.3. The molecule has 0 amide bonds. The molecule has 4 heteroatoms. The van der Waals surface area contributed by atoms with E-state index in [1.165, 1.54) is 24.4 Å². The minimum Gasteiger partial charge on any atom is -0.355 e. The van der Waals surface area contributed by atoms with Gasteiger partial charge in [-0.15, -0.1) is 5.10 Å². The van der Waals surface area contributed by atoms with Crippen LogP contribution in [-0.4, -0.2) is 22.7 Å². The first-order chi connectivity index (χ1) is 5.88. The molecule has 1 rings (SSSR count). The van der Waals surface area contributed by atoms with E-state index >= 15 is 0 Å². The molecule has 0 saturated carbocycles. The largest absolute Gasteiger partial charge is 0.355 e. The zero-order valence-electron chi connectivity index (χ0n) is 7.66. The second-order valence-electron chi connectivity index (χ2n) is 2.70. The molecule has 1 aromatic rings. The predicted molar refractivity (Wildman–Crippen MR) is 52.7 cm³/mol. The summed E-state index contributed by atoms with van der Waals surface area (Å²) in [4.78, 5) is 2.26. The van der Waals surface area contributed by atoms with Gasteiger partial charge in [-0.3, -0.25) is 0 Å². The molecule has 0 N–H and O–H groups in total. The number of anilines is 1. The van der Waals surface area contributed by atoms with E-state index in [0.717, 1.165) is 18.9 Å². The normalized spacial score (nSPS) is 10.2. The molecule has 1 heterocycles. The molecule has 0 aliphatic heterocycles. The average Bonchev–Trinajstić information content (AvgIpc) is 2.59. The number of aromatic nitrogens is 2. The molecule has 1 aromatic heterocycles. The molecule has 0 radical (unpaired) electrons. The Morgan fingerprint density at radius 3 is 2.83 bits per heavy atom. The van der Waals surface area contributed by atoms with Crippen molar-refractivity contribution in [3.8, 4) is 0 Å². The number of hydrogen-bond donors (Lipinski definition) is 0. The van der Waals surface area contributed by atoms with E-state index in [4.69, 9.17) is 0 Å². The second-order valence-corrected chi connectivity index (χ2v) is 3.31. The highest BCUT2D eigenvalue weighted by Gasteiger charge is 2.04. The van der Waals surface area contributed by atoms with Crippen LogP contribution in [0.15, 0.2) is 5.38 Å². The van der Waals surface area contributed by atoms with Gasteiger partial charge in [0.05, 0.1) is 5.38 Å². The monoisotopic (exact) mass is 185 g/mol. The van der Waals surface area contributed by atoms with Crippen LogP contribution in [0, 0.1) is 0 Å². The van der Waals surface area contributed by atoms with Gasteiger partial charge in [0.25, 0.3) is 0 Å². The highest BCUT2D eigenvalue weighted by Crippen LogP contribution is 2.11. The van der Waals surface area contributed by atoms with Crippen LogP contribution in [-0.2, 0) is 0 Å². The van der Waals surface area contributed by atoms with Gasteiger partial charge in [0.15, 0.2) is 5.82 Å². The zero-order chi connectivity index (χ0) is 8.81. The fourth-order valence-electron chi connectivity index (χ4n) is 1.08. The topological polar surface area (TPSA) is 29.0 Å². The molecular weight excluding hydrogens is 170 g/mol. The summed E-state index contributed by atoms with van der Waals surface area (Å²) in [5.74, 6) is 1.02. The Morgan fingerprint density at radius 2 is 2.33 bits per heavy atom. The Morgan fingerprint density at radius 1 is 1.50 bits per heavy atom. The van der Waals surface area contributed by atoms with Gasteiger partial charge in [-0.05, 0) is 24.9 Å². The minimum absolute atomic E-state index is 1.02. The molecular formula is C8H15N3S. The highest BCUT2D eigenvalue weighted by molar-refractivity contribution is 7.03. The van der Waals surface area contributed by atoms with Gasteiger partial charge in [0.2, 0.25) is 0 Å². The SMILES string of the molecule is CCCCN(CC)c1csnn1. The molecule has 0 aromatic carbocycles. The van der Waals surface area contributed by atoms with Crippen molar-refractivity contribution in [1.82, 2.24) is 9.59 Å². The molecule has 0 aliphatic carbocycles. The predicted octanol–water partition coefficient (Wildman–Crippen LogP) is 2.16. The Kier molecular flexibility index (Phi) is 4.00. The molecule has 0 saturated heterocycles. The fourth-order valence-corrected chi connectivity index (χ4v) is 1.55. The summed E-state index contributed by atoms with van der Waals surface area (Å²) >= 11 is 1.41. The molecule has 0 fully saturated rings. The van der Waals surface area contributed by atoms with Gasteiger partial charge in [0, 0.05) is 13.1 Å². The van der Waals surface area contributed by atoms with Crippen molar-refractivity contribution >= 4 is 17.4 Å². The lowest BCUT2D eigenvalue weighted by Crippen LogP contribution is -2.24. The molecule has 3 nitrogen and oxygen atoms in total. The molecule has 0 bridgehead atoms. The van der Waals surface area contributed by atoms with Crippen molar-refractivity contribution in [1.29, 1.82) is 0 Å². The molecule has 0 atom stereocenters. The van der Waals surface area contributed by atoms with Gasteiger partial charge in [0.1, 0.15) is 0 Å². The maximum absolute atomic E-state index is 4.03. The number of nitrogens with zero attached hydrogens (tertiary/aromatic N) is 3. The third-order valence-corrected chi connectivity index (χ3v) is 2.33. The Hall–Kier alpha value is -0.640. The molecule has 12 heavy (non-hydrogen) atoms. The van der Waals surface area contributed by atoms with Crippen LogP contribution >= 0.6 is 11.5 Å². The maximum Gasteiger partial charge on any atom is 0.163 e. The van der Waals surface area contributed by atoms with Crippen molar-refractivity contribution in [3.63, 3.8) is 0 Å². The van der Waals surface area contributed by atoms with Gasteiger partial charge < -0.3 is 4.90 Å². The maximum atomic E-state index is 4.03. The Balaban J connectivity index is 2.45. The Bertz CT molecular complexity index is 198. The first-order valence-corrected chi connectivity index (χ1v) is 5.24. The van der Waals surface area contributed by atoms with E-state index in [2.05, 4.69) is 28.3 Å². The van der Waals surface area contributed by atoms with Gasteiger partial charge in [-0.2, -0.15) is 0 Å². The highest BCUT2D eigenvalue weighted by atomic mass is 32.1. The van der Waals surface area contributed by atoms with Crippen LogP contribution in [0.4, 0.5) is 5.82 Å². The zero-order valence-corrected chi connectivity index (χ0v) is 8.47. The van der Waals surface area contributed by atoms with E-state index in [9.17, 15) is 0 Å². The quantitative estimate of drug-likeness (QED) is 0.704. The van der Waals surface area contributed by atoms with Crippen LogP contribution in [0.3, 0.4) is 0 Å². The average molecular weight is 185 g/mol. The molecule has 0 aliphatic rings. The van der Waals surface area contributed by atoms with Crippen LogP contribution in [0.5, 0.6) is 0 Å². The van der Waals surface area contributed by atoms with Crippen molar-refractivity contribution in [3.05, 3.63) is 5.38 Å². The van der Waals surface area contributed by atoms with Gasteiger partial charge in [-0.25, -0.2) is 0 Å². The summed E-state index contributed by atoms with van der Waals surface area (Å²) in [5, 5.41) is 6.03. The lowest BCUT2D eigenvalue weighted by Gasteiger charge is -2.18. The first kappa shape index (κ1) is 9.45. The van der Waals surface area contributed by atoms with Crippen LogP contribution < -0.4 is 4.90 Å². The van der Waals surface area contributed by atoms with E-state index in [0.29, 0.717) is 0 Å². The first-order valence-electron chi connectivity index (χ1n) is 4.40. The molecule has 0 spiro atoms. The van der Waals surface area contributed by atoms with Crippen molar-refractivity contribution in [2.75, 3.05) is 18.0 Å². The fraction of sp³-hybridized carbons (Fsp3) is 0.750. The van der Waals surface area contributed by atoms with Crippen molar-refractivity contribution in [2.24, 2.45) is 0 Å². The number of unbranched alkanes of at least 4 members (excludes halogenated alkanes) is 1. The summed E-state index contributed by atoms with van der Waals surface area (Å²) < 4.78 is 3.85. The number of rotatable bonds is 5. The Labute approximate surface area is 77.6 Å². The third kappa shape index (κ3) is 2.44. The van der Waals surface area contributed by atoms with E-state index < -0.39 is 0 Å². The van der Waals surface area contributed by atoms with Crippen molar-refractivity contribution < 1.29 is 0 Å². The summed E-state index contributed by atoms with van der Waals surface area (Å²) in [6, 6.07) is 0.